The van der Waals surface area contributed by atoms with E-state index in [4.69, 9.17) is 4.74 Å². The van der Waals surface area contributed by atoms with Crippen molar-refractivity contribution in [3.05, 3.63) is 17.5 Å². The van der Waals surface area contributed by atoms with Gasteiger partial charge in [0.05, 0.1) is 17.9 Å². The fourth-order valence-electron chi connectivity index (χ4n) is 3.30. The standard InChI is InChI=1S/C15H22N4O2/c1-3-21-14(20)13-8-16-15(17-9(13)2)19-12-6-10-4-5-11(7-12)18-10/h8,10-12,18H,3-7H2,1-2H3,(H,16,17,19). The predicted octanol–water partition coefficient (Wildman–Crippen LogP) is 1.66. The molecule has 1 aromatic heterocycles. The van der Waals surface area contributed by atoms with Crippen molar-refractivity contribution in [2.24, 2.45) is 0 Å². The maximum atomic E-state index is 11.7. The monoisotopic (exact) mass is 290 g/mol. The zero-order valence-electron chi connectivity index (χ0n) is 12.6. The molecule has 6 heteroatoms. The number of rotatable bonds is 4. The average Bonchev–Trinajstić information content (AvgIpc) is 2.78. The highest BCUT2D eigenvalue weighted by molar-refractivity contribution is 5.90. The lowest BCUT2D eigenvalue weighted by Crippen LogP contribution is -2.43. The summed E-state index contributed by atoms with van der Waals surface area (Å²) in [6, 6.07) is 1.67. The van der Waals surface area contributed by atoms with Crippen LogP contribution in [0.2, 0.25) is 0 Å². The number of aromatic nitrogens is 2. The zero-order chi connectivity index (χ0) is 14.8. The molecule has 114 valence electrons. The van der Waals surface area contributed by atoms with Gasteiger partial charge in [0, 0.05) is 24.3 Å². The third kappa shape index (κ3) is 3.15. The number of anilines is 1. The van der Waals surface area contributed by atoms with E-state index < -0.39 is 0 Å². The van der Waals surface area contributed by atoms with Crippen molar-refractivity contribution in [1.82, 2.24) is 15.3 Å². The Bertz CT molecular complexity index is 522. The highest BCUT2D eigenvalue weighted by Gasteiger charge is 2.33. The summed E-state index contributed by atoms with van der Waals surface area (Å²) in [5.74, 6) is 0.244. The Morgan fingerprint density at radius 2 is 2.14 bits per heavy atom. The van der Waals surface area contributed by atoms with Crippen LogP contribution < -0.4 is 10.6 Å². The number of nitrogens with zero attached hydrogens (tertiary/aromatic N) is 2. The second-order valence-corrected chi connectivity index (χ2v) is 5.86. The van der Waals surface area contributed by atoms with Gasteiger partial charge in [-0.3, -0.25) is 0 Å². The van der Waals surface area contributed by atoms with E-state index in [2.05, 4.69) is 20.6 Å². The number of aryl methyl sites for hydroxylation is 1. The first-order valence-electron chi connectivity index (χ1n) is 7.69. The molecule has 2 aliphatic heterocycles. The molecule has 3 rings (SSSR count). The van der Waals surface area contributed by atoms with Crippen LogP contribution in [0.4, 0.5) is 5.95 Å². The van der Waals surface area contributed by atoms with Crippen LogP contribution in [0.25, 0.3) is 0 Å². The molecule has 21 heavy (non-hydrogen) atoms. The Labute approximate surface area is 124 Å². The summed E-state index contributed by atoms with van der Waals surface area (Å²) >= 11 is 0. The maximum Gasteiger partial charge on any atom is 0.341 e. The number of hydrogen-bond acceptors (Lipinski definition) is 6. The summed E-state index contributed by atoms with van der Waals surface area (Å²) in [5.41, 5.74) is 1.09. The first kappa shape index (κ1) is 14.3. The van der Waals surface area contributed by atoms with Crippen LogP contribution in [0, 0.1) is 6.92 Å². The lowest BCUT2D eigenvalue weighted by Gasteiger charge is -2.29. The number of carbonyl (C=O) groups excluding carboxylic acids is 1. The Hall–Kier alpha value is -1.69. The van der Waals surface area contributed by atoms with E-state index >= 15 is 0 Å². The SMILES string of the molecule is CCOC(=O)c1cnc(NC2CC3CCC(C2)N3)nc1C. The third-order valence-electron chi connectivity index (χ3n) is 4.28. The van der Waals surface area contributed by atoms with Crippen molar-refractivity contribution in [1.29, 1.82) is 0 Å². The second kappa shape index (κ2) is 5.97. The van der Waals surface area contributed by atoms with Gasteiger partial charge in [0.25, 0.3) is 0 Å². The van der Waals surface area contributed by atoms with Crippen molar-refractivity contribution >= 4 is 11.9 Å². The Kier molecular flexibility index (Phi) is 4.05. The summed E-state index contributed by atoms with van der Waals surface area (Å²) in [5, 5.41) is 7.02. The summed E-state index contributed by atoms with van der Waals surface area (Å²) < 4.78 is 4.99. The number of carbonyl (C=O) groups is 1. The van der Waals surface area contributed by atoms with E-state index in [0.717, 1.165) is 12.8 Å². The first-order valence-corrected chi connectivity index (χ1v) is 7.69. The van der Waals surface area contributed by atoms with Gasteiger partial charge < -0.3 is 15.4 Å². The fraction of sp³-hybridized carbons (Fsp3) is 0.667. The molecular formula is C15H22N4O2. The number of esters is 1. The minimum Gasteiger partial charge on any atom is -0.462 e. The molecule has 2 unspecified atom stereocenters. The number of piperidine rings is 1. The molecule has 2 aliphatic rings. The molecule has 0 amide bonds. The zero-order valence-corrected chi connectivity index (χ0v) is 12.6. The van der Waals surface area contributed by atoms with Crippen LogP contribution in [0.5, 0.6) is 0 Å². The molecule has 0 aliphatic carbocycles. The normalized spacial score (nSPS) is 27.4. The minimum atomic E-state index is -0.360. The average molecular weight is 290 g/mol. The van der Waals surface area contributed by atoms with E-state index in [1.54, 1.807) is 13.1 Å². The summed E-state index contributed by atoms with van der Waals surface area (Å²) in [4.78, 5) is 20.4. The second-order valence-electron chi connectivity index (χ2n) is 5.86. The van der Waals surface area contributed by atoms with Gasteiger partial charge >= 0.3 is 5.97 Å². The molecule has 6 nitrogen and oxygen atoms in total. The van der Waals surface area contributed by atoms with Crippen molar-refractivity contribution in [3.63, 3.8) is 0 Å². The van der Waals surface area contributed by atoms with Crippen LogP contribution in [-0.2, 0) is 4.74 Å². The molecule has 0 radical (unpaired) electrons. The van der Waals surface area contributed by atoms with Gasteiger partial charge in [0.2, 0.25) is 5.95 Å². The highest BCUT2D eigenvalue weighted by atomic mass is 16.5. The van der Waals surface area contributed by atoms with Crippen LogP contribution in [-0.4, -0.2) is 40.7 Å². The minimum absolute atomic E-state index is 0.357. The Balaban J connectivity index is 1.66. The van der Waals surface area contributed by atoms with Gasteiger partial charge in [-0.25, -0.2) is 14.8 Å². The van der Waals surface area contributed by atoms with Gasteiger partial charge in [-0.1, -0.05) is 0 Å². The van der Waals surface area contributed by atoms with Gasteiger partial charge in [-0.05, 0) is 39.5 Å². The van der Waals surface area contributed by atoms with E-state index in [-0.39, 0.29) is 5.97 Å². The van der Waals surface area contributed by atoms with Gasteiger partial charge in [-0.2, -0.15) is 0 Å². The van der Waals surface area contributed by atoms with Crippen molar-refractivity contribution < 1.29 is 9.53 Å². The van der Waals surface area contributed by atoms with Crippen molar-refractivity contribution in [2.45, 2.75) is 57.7 Å². The third-order valence-corrected chi connectivity index (χ3v) is 4.28. The van der Waals surface area contributed by atoms with Gasteiger partial charge in [0.15, 0.2) is 0 Å². The molecule has 2 atom stereocenters. The number of nitrogens with one attached hydrogen (secondary N) is 2. The van der Waals surface area contributed by atoms with Crippen LogP contribution in [0.3, 0.4) is 0 Å². The van der Waals surface area contributed by atoms with Crippen molar-refractivity contribution in [2.75, 3.05) is 11.9 Å². The van der Waals surface area contributed by atoms with Gasteiger partial charge in [0.1, 0.15) is 0 Å². The van der Waals surface area contributed by atoms with E-state index in [0.29, 0.717) is 41.9 Å². The van der Waals surface area contributed by atoms with Crippen LogP contribution in [0.15, 0.2) is 6.20 Å². The molecule has 2 N–H and O–H groups in total. The van der Waals surface area contributed by atoms with Crippen LogP contribution in [0.1, 0.15) is 48.7 Å². The number of fused-ring (bicyclic) bond motifs is 2. The number of hydrogen-bond donors (Lipinski definition) is 2. The van der Waals surface area contributed by atoms with E-state index in [1.807, 2.05) is 6.92 Å². The Morgan fingerprint density at radius 3 is 2.76 bits per heavy atom. The maximum absolute atomic E-state index is 11.7. The lowest BCUT2D eigenvalue weighted by atomic mass is 10.0. The quantitative estimate of drug-likeness (QED) is 0.821. The van der Waals surface area contributed by atoms with E-state index in [9.17, 15) is 4.79 Å². The predicted molar refractivity (Wildman–Crippen MR) is 79.3 cm³/mol. The molecular weight excluding hydrogens is 268 g/mol. The fourth-order valence-corrected chi connectivity index (χ4v) is 3.30. The lowest BCUT2D eigenvalue weighted by molar-refractivity contribution is 0.0524. The molecule has 1 aromatic rings. The van der Waals surface area contributed by atoms with Gasteiger partial charge in [-0.15, -0.1) is 0 Å². The molecule has 2 bridgehead atoms. The number of ether oxygens (including phenoxy) is 1. The molecule has 2 saturated heterocycles. The summed E-state index contributed by atoms with van der Waals surface area (Å²) in [7, 11) is 0. The summed E-state index contributed by atoms with van der Waals surface area (Å²) in [6.07, 6.45) is 6.31. The van der Waals surface area contributed by atoms with Crippen molar-refractivity contribution in [3.8, 4) is 0 Å². The molecule has 0 aromatic carbocycles. The molecule has 3 heterocycles. The van der Waals surface area contributed by atoms with Crippen LogP contribution >= 0.6 is 0 Å². The molecule has 0 saturated carbocycles. The highest BCUT2D eigenvalue weighted by Crippen LogP contribution is 2.28. The first-order chi connectivity index (χ1) is 10.2. The van der Waals surface area contributed by atoms with E-state index in [1.165, 1.54) is 12.8 Å². The smallest absolute Gasteiger partial charge is 0.341 e. The Morgan fingerprint density at radius 1 is 1.43 bits per heavy atom. The molecule has 0 spiro atoms. The largest absolute Gasteiger partial charge is 0.462 e. The molecule has 2 fully saturated rings. The topological polar surface area (TPSA) is 76.1 Å². The summed E-state index contributed by atoms with van der Waals surface area (Å²) in [6.45, 7) is 3.96.